The first-order chi connectivity index (χ1) is 5.20. The van der Waals surface area contributed by atoms with Crippen molar-refractivity contribution < 1.29 is 45.3 Å². The van der Waals surface area contributed by atoms with Gasteiger partial charge in [0.2, 0.25) is 6.04 Å². The van der Waals surface area contributed by atoms with Gasteiger partial charge in [0.1, 0.15) is 6.54 Å². The molecule has 5 N–H and O–H groups in total. The Labute approximate surface area is 90.3 Å². The largest absolute Gasteiger partial charge is 1.00 e. The minimum absolute atomic E-state index is 0. The van der Waals surface area contributed by atoms with E-state index < -0.39 is 12.0 Å². The van der Waals surface area contributed by atoms with Gasteiger partial charge in [0, 0.05) is 12.8 Å². The van der Waals surface area contributed by atoms with Crippen LogP contribution in [0.1, 0.15) is 12.8 Å². The van der Waals surface area contributed by atoms with Gasteiger partial charge >= 0.3 is 5.97 Å². The van der Waals surface area contributed by atoms with Crippen LogP contribution in [0, 0.1) is 0 Å². The first kappa shape index (κ1) is 15.4. The summed E-state index contributed by atoms with van der Waals surface area (Å²) in [6.07, 6.45) is 2.48. The number of hydrogen-bond donors (Lipinski definition) is 3. The zero-order valence-corrected chi connectivity index (χ0v) is 8.94. The second kappa shape index (κ2) is 7.38. The van der Waals surface area contributed by atoms with Gasteiger partial charge in [-0.25, -0.2) is 4.79 Å². The lowest BCUT2D eigenvalue weighted by atomic mass is 10.3. The smallest absolute Gasteiger partial charge is 0.368 e. The molecule has 0 bridgehead atoms. The van der Waals surface area contributed by atoms with Gasteiger partial charge in [0.15, 0.2) is 0 Å². The van der Waals surface area contributed by atoms with Gasteiger partial charge < -0.3 is 40.6 Å². The summed E-state index contributed by atoms with van der Waals surface area (Å²) in [5.74, 6) is -0.774. The van der Waals surface area contributed by atoms with E-state index in [1.807, 2.05) is 0 Å². The molecule has 0 aromatic heterocycles. The van der Waals surface area contributed by atoms with Crippen molar-refractivity contribution in [1.29, 1.82) is 0 Å². The van der Waals surface area contributed by atoms with Crippen LogP contribution in [0.25, 0.3) is 0 Å². The molecular formula is C7H16Cl2N2O2. The predicted molar refractivity (Wildman–Crippen MR) is 39.1 cm³/mol. The molecule has 0 radical (unpaired) electrons. The number of rotatable bonds is 3. The lowest BCUT2D eigenvalue weighted by Gasteiger charge is -2.11. The van der Waals surface area contributed by atoms with Crippen molar-refractivity contribution in [2.24, 2.45) is 0 Å². The first-order valence-corrected chi connectivity index (χ1v) is 4.09. The molecule has 0 aliphatic carbocycles. The van der Waals surface area contributed by atoms with E-state index in [9.17, 15) is 4.79 Å². The van der Waals surface area contributed by atoms with E-state index in [0.717, 1.165) is 13.1 Å². The molecule has 1 saturated heterocycles. The van der Waals surface area contributed by atoms with E-state index in [4.69, 9.17) is 5.11 Å². The highest BCUT2D eigenvalue weighted by molar-refractivity contribution is 5.71. The molecule has 1 heterocycles. The number of likely N-dealkylation sites (tertiary alicyclic amines) is 1. The molecule has 13 heavy (non-hydrogen) atoms. The molecule has 1 aliphatic heterocycles. The summed E-state index contributed by atoms with van der Waals surface area (Å²) in [7, 11) is 0. The Balaban J connectivity index is 0. The van der Waals surface area contributed by atoms with Gasteiger partial charge in [-0.15, -0.1) is 0 Å². The standard InChI is InChI=1S/C7H14N2O2.2ClH/c8-6(7(10)11)5-9-3-1-2-4-9;;/h6H,1-5,8H2,(H,10,11);2*1H. The van der Waals surface area contributed by atoms with E-state index >= 15 is 0 Å². The first-order valence-electron chi connectivity index (χ1n) is 4.09. The van der Waals surface area contributed by atoms with Crippen molar-refractivity contribution in [2.45, 2.75) is 18.9 Å². The average Bonchev–Trinajstić information content (AvgIpc) is 2.39. The number of carbonyl (C=O) groups is 1. The number of hydrogen-bond acceptors (Lipinski definition) is 1. The summed E-state index contributed by atoms with van der Waals surface area (Å²) < 4.78 is 0. The summed E-state index contributed by atoms with van der Waals surface area (Å²) >= 11 is 0. The second-order valence-corrected chi connectivity index (χ2v) is 3.20. The molecule has 4 nitrogen and oxygen atoms in total. The Morgan fingerprint density at radius 2 is 1.85 bits per heavy atom. The molecule has 1 fully saturated rings. The maximum Gasteiger partial charge on any atom is 0.368 e. The lowest BCUT2D eigenvalue weighted by Crippen LogP contribution is -3.13. The quantitative estimate of drug-likeness (QED) is 0.451. The summed E-state index contributed by atoms with van der Waals surface area (Å²) in [6, 6.07) is -0.428. The van der Waals surface area contributed by atoms with Gasteiger partial charge in [-0.05, 0) is 0 Å². The molecule has 0 saturated carbocycles. The van der Waals surface area contributed by atoms with Crippen molar-refractivity contribution in [2.75, 3.05) is 19.6 Å². The van der Waals surface area contributed by atoms with Crippen LogP contribution in [0.2, 0.25) is 0 Å². The van der Waals surface area contributed by atoms with Crippen LogP contribution in [0.3, 0.4) is 0 Å². The molecule has 0 aromatic carbocycles. The van der Waals surface area contributed by atoms with Crippen molar-refractivity contribution in [3.63, 3.8) is 0 Å². The Hall–Kier alpha value is -0.0300. The molecule has 0 aromatic rings. The maximum absolute atomic E-state index is 10.4. The fourth-order valence-electron chi connectivity index (χ4n) is 1.51. The van der Waals surface area contributed by atoms with E-state index in [0.29, 0.717) is 6.54 Å². The van der Waals surface area contributed by atoms with Crippen molar-refractivity contribution >= 4 is 5.97 Å². The summed E-state index contributed by atoms with van der Waals surface area (Å²) in [5, 5.41) is 8.57. The second-order valence-electron chi connectivity index (χ2n) is 3.20. The van der Waals surface area contributed by atoms with Gasteiger partial charge in [-0.1, -0.05) is 0 Å². The van der Waals surface area contributed by atoms with Crippen molar-refractivity contribution in [3.8, 4) is 0 Å². The SMILES string of the molecule is [Cl-].[Cl-].[NH3+]C(C[NH+]1CCCC1)C(=O)O. The normalized spacial score (nSPS) is 18.5. The minimum atomic E-state index is -0.774. The Kier molecular flexibility index (Phi) is 8.77. The third kappa shape index (κ3) is 5.31. The molecule has 80 valence electrons. The molecule has 1 atom stereocenters. The van der Waals surface area contributed by atoms with E-state index in [1.54, 1.807) is 0 Å². The Morgan fingerprint density at radius 3 is 2.23 bits per heavy atom. The predicted octanol–water partition coefficient (Wildman–Crippen LogP) is -8.63. The van der Waals surface area contributed by atoms with Crippen LogP contribution in [-0.2, 0) is 4.79 Å². The van der Waals surface area contributed by atoms with Gasteiger partial charge in [0.25, 0.3) is 0 Å². The summed E-state index contributed by atoms with van der Waals surface area (Å²) in [5.41, 5.74) is 3.58. The zero-order chi connectivity index (χ0) is 8.27. The molecule has 6 heteroatoms. The Bertz CT molecular complexity index is 151. The fourth-order valence-corrected chi connectivity index (χ4v) is 1.51. The molecule has 1 unspecified atom stereocenters. The van der Waals surface area contributed by atoms with E-state index in [1.165, 1.54) is 17.7 Å². The van der Waals surface area contributed by atoms with Crippen LogP contribution in [0.5, 0.6) is 0 Å². The summed E-state index contributed by atoms with van der Waals surface area (Å²) in [6.45, 7) is 2.94. The third-order valence-corrected chi connectivity index (χ3v) is 2.19. The van der Waals surface area contributed by atoms with Crippen molar-refractivity contribution in [3.05, 3.63) is 0 Å². The van der Waals surface area contributed by atoms with Crippen LogP contribution in [-0.4, -0.2) is 36.8 Å². The Morgan fingerprint density at radius 1 is 1.38 bits per heavy atom. The maximum atomic E-state index is 10.4. The van der Waals surface area contributed by atoms with E-state index in [-0.39, 0.29) is 24.8 Å². The lowest BCUT2D eigenvalue weighted by molar-refractivity contribution is -0.895. The molecule has 0 spiro atoms. The van der Waals surface area contributed by atoms with Crippen LogP contribution in [0.4, 0.5) is 0 Å². The molecule has 1 rings (SSSR count). The topological polar surface area (TPSA) is 69.4 Å². The van der Waals surface area contributed by atoms with Crippen LogP contribution >= 0.6 is 0 Å². The number of halogens is 2. The molecular weight excluding hydrogens is 215 g/mol. The number of aliphatic carboxylic acids is 1. The summed E-state index contributed by atoms with van der Waals surface area (Å²) in [4.78, 5) is 11.8. The number of quaternary nitrogens is 2. The third-order valence-electron chi connectivity index (χ3n) is 2.19. The van der Waals surface area contributed by atoms with Crippen LogP contribution < -0.4 is 35.4 Å². The molecule has 1 aliphatic rings. The number of carboxylic acid groups (broad SMARTS) is 1. The molecule has 0 amide bonds. The highest BCUT2D eigenvalue weighted by Gasteiger charge is 2.24. The number of carboxylic acids is 1. The van der Waals surface area contributed by atoms with Gasteiger partial charge in [-0.2, -0.15) is 0 Å². The van der Waals surface area contributed by atoms with Crippen molar-refractivity contribution in [1.82, 2.24) is 0 Å². The fraction of sp³-hybridized carbons (Fsp3) is 0.857. The minimum Gasteiger partial charge on any atom is -1.00 e. The van der Waals surface area contributed by atoms with E-state index in [2.05, 4.69) is 5.73 Å². The monoisotopic (exact) mass is 230 g/mol. The van der Waals surface area contributed by atoms with Gasteiger partial charge in [0.05, 0.1) is 13.1 Å². The van der Waals surface area contributed by atoms with Gasteiger partial charge in [-0.3, -0.25) is 0 Å². The van der Waals surface area contributed by atoms with Crippen LogP contribution in [0.15, 0.2) is 0 Å². The highest BCUT2D eigenvalue weighted by Crippen LogP contribution is 1.87. The zero-order valence-electron chi connectivity index (χ0n) is 7.43. The average molecular weight is 231 g/mol. The number of nitrogens with one attached hydrogen (secondary N) is 1. The highest BCUT2D eigenvalue weighted by atomic mass is 35.5.